The standard InChI is InChI=1S/C27H28FN5O/c1-17(2)18-5-9-22(10-6-18)34-27-30-16-13-23(31-27)25-24(19-3-7-21(28)8-4-19)32-26(33-25)20-11-14-29-15-12-20/h3-10,13,16-17,20,29H,11-12,14-15H2,1-2H3,(H,32,33). The summed E-state index contributed by atoms with van der Waals surface area (Å²) in [6, 6.07) is 16.5. The van der Waals surface area contributed by atoms with Crippen LogP contribution in [0.5, 0.6) is 11.8 Å². The van der Waals surface area contributed by atoms with Gasteiger partial charge in [0, 0.05) is 17.7 Å². The van der Waals surface area contributed by atoms with E-state index in [1.165, 1.54) is 17.7 Å². The van der Waals surface area contributed by atoms with Gasteiger partial charge >= 0.3 is 6.01 Å². The summed E-state index contributed by atoms with van der Waals surface area (Å²) in [6.07, 6.45) is 3.71. The Kier molecular flexibility index (Phi) is 6.36. The highest BCUT2D eigenvalue weighted by atomic mass is 19.1. The van der Waals surface area contributed by atoms with E-state index in [1.807, 2.05) is 18.2 Å². The molecule has 0 radical (unpaired) electrons. The van der Waals surface area contributed by atoms with E-state index in [9.17, 15) is 4.39 Å². The predicted octanol–water partition coefficient (Wildman–Crippen LogP) is 6.06. The average molecular weight is 458 g/mol. The van der Waals surface area contributed by atoms with E-state index in [4.69, 9.17) is 9.72 Å². The molecule has 4 aromatic rings. The van der Waals surface area contributed by atoms with E-state index in [-0.39, 0.29) is 11.8 Å². The summed E-state index contributed by atoms with van der Waals surface area (Å²) in [5, 5.41) is 3.40. The highest BCUT2D eigenvalue weighted by molar-refractivity contribution is 5.76. The number of hydrogen-bond donors (Lipinski definition) is 2. The minimum absolute atomic E-state index is 0.262. The third-order valence-electron chi connectivity index (χ3n) is 6.21. The van der Waals surface area contributed by atoms with Gasteiger partial charge in [-0.2, -0.15) is 4.98 Å². The summed E-state index contributed by atoms with van der Waals surface area (Å²) in [7, 11) is 0. The molecular weight excluding hydrogens is 429 g/mol. The summed E-state index contributed by atoms with van der Waals surface area (Å²) in [6.45, 7) is 6.24. The quantitative estimate of drug-likeness (QED) is 0.368. The van der Waals surface area contributed by atoms with E-state index in [1.54, 1.807) is 18.3 Å². The summed E-state index contributed by atoms with van der Waals surface area (Å²) < 4.78 is 19.5. The molecule has 0 unspecified atom stereocenters. The van der Waals surface area contributed by atoms with Gasteiger partial charge in [-0.25, -0.2) is 14.4 Å². The molecule has 2 aromatic heterocycles. The van der Waals surface area contributed by atoms with Crippen molar-refractivity contribution in [3.63, 3.8) is 0 Å². The van der Waals surface area contributed by atoms with E-state index >= 15 is 0 Å². The van der Waals surface area contributed by atoms with Gasteiger partial charge in [-0.1, -0.05) is 26.0 Å². The largest absolute Gasteiger partial charge is 0.424 e. The number of imidazole rings is 1. The van der Waals surface area contributed by atoms with Crippen molar-refractivity contribution in [1.82, 2.24) is 25.3 Å². The molecule has 1 fully saturated rings. The molecule has 1 aliphatic rings. The van der Waals surface area contributed by atoms with Gasteiger partial charge in [-0.05, 0) is 79.9 Å². The van der Waals surface area contributed by atoms with Crippen molar-refractivity contribution in [2.45, 2.75) is 38.5 Å². The Morgan fingerprint density at radius 1 is 0.941 bits per heavy atom. The summed E-state index contributed by atoms with van der Waals surface area (Å²) in [4.78, 5) is 17.4. The Balaban J connectivity index is 1.49. The molecule has 2 aromatic carbocycles. The molecule has 6 nitrogen and oxygen atoms in total. The van der Waals surface area contributed by atoms with Crippen molar-refractivity contribution < 1.29 is 9.13 Å². The van der Waals surface area contributed by atoms with Crippen LogP contribution in [0.2, 0.25) is 0 Å². The zero-order valence-corrected chi connectivity index (χ0v) is 19.4. The van der Waals surface area contributed by atoms with Gasteiger partial charge in [-0.15, -0.1) is 0 Å². The van der Waals surface area contributed by atoms with Crippen molar-refractivity contribution in [2.24, 2.45) is 0 Å². The smallest absolute Gasteiger partial charge is 0.322 e. The lowest BCUT2D eigenvalue weighted by Gasteiger charge is -2.20. The van der Waals surface area contributed by atoms with Crippen LogP contribution < -0.4 is 10.1 Å². The third kappa shape index (κ3) is 4.84. The molecule has 174 valence electrons. The minimum Gasteiger partial charge on any atom is -0.424 e. The highest BCUT2D eigenvalue weighted by Crippen LogP contribution is 2.34. The van der Waals surface area contributed by atoms with Crippen LogP contribution in [-0.4, -0.2) is 33.0 Å². The van der Waals surface area contributed by atoms with Crippen LogP contribution in [0.4, 0.5) is 4.39 Å². The van der Waals surface area contributed by atoms with Crippen molar-refractivity contribution >= 4 is 0 Å². The number of hydrogen-bond acceptors (Lipinski definition) is 5. The lowest BCUT2D eigenvalue weighted by atomic mass is 9.98. The Hall–Kier alpha value is -3.58. The Morgan fingerprint density at radius 2 is 1.68 bits per heavy atom. The summed E-state index contributed by atoms with van der Waals surface area (Å²) >= 11 is 0. The van der Waals surface area contributed by atoms with Gasteiger partial charge in [0.2, 0.25) is 0 Å². The fourth-order valence-electron chi connectivity index (χ4n) is 4.24. The van der Waals surface area contributed by atoms with Crippen molar-refractivity contribution in [1.29, 1.82) is 0 Å². The van der Waals surface area contributed by atoms with Gasteiger partial charge in [0.1, 0.15) is 17.4 Å². The molecule has 1 aliphatic heterocycles. The maximum absolute atomic E-state index is 13.6. The predicted molar refractivity (Wildman–Crippen MR) is 130 cm³/mol. The molecule has 2 N–H and O–H groups in total. The first-order chi connectivity index (χ1) is 16.6. The second-order valence-corrected chi connectivity index (χ2v) is 8.93. The summed E-state index contributed by atoms with van der Waals surface area (Å²) in [5.74, 6) is 2.13. The molecule has 3 heterocycles. The number of nitrogens with one attached hydrogen (secondary N) is 2. The maximum Gasteiger partial charge on any atom is 0.322 e. The van der Waals surface area contributed by atoms with Crippen molar-refractivity contribution in [3.05, 3.63) is 78.0 Å². The fraction of sp³-hybridized carbons (Fsp3) is 0.296. The molecule has 34 heavy (non-hydrogen) atoms. The number of halogens is 1. The maximum atomic E-state index is 13.6. The van der Waals surface area contributed by atoms with E-state index in [0.29, 0.717) is 23.3 Å². The van der Waals surface area contributed by atoms with E-state index < -0.39 is 0 Å². The van der Waals surface area contributed by atoms with Crippen LogP contribution in [-0.2, 0) is 0 Å². The monoisotopic (exact) mass is 457 g/mol. The van der Waals surface area contributed by atoms with E-state index in [0.717, 1.165) is 48.7 Å². The molecule has 0 saturated carbocycles. The number of aromatic amines is 1. The Morgan fingerprint density at radius 3 is 2.38 bits per heavy atom. The zero-order chi connectivity index (χ0) is 23.5. The second kappa shape index (κ2) is 9.73. The van der Waals surface area contributed by atoms with Crippen molar-refractivity contribution in [2.75, 3.05) is 13.1 Å². The van der Waals surface area contributed by atoms with Crippen LogP contribution in [0.15, 0.2) is 60.8 Å². The van der Waals surface area contributed by atoms with Gasteiger partial charge < -0.3 is 15.0 Å². The number of ether oxygens (including phenoxy) is 1. The third-order valence-corrected chi connectivity index (χ3v) is 6.21. The van der Waals surface area contributed by atoms with Gasteiger partial charge in [0.05, 0.1) is 17.1 Å². The number of benzene rings is 2. The molecule has 7 heteroatoms. The van der Waals surface area contributed by atoms with Gasteiger partial charge in [-0.3, -0.25) is 0 Å². The average Bonchev–Trinajstić information content (AvgIpc) is 3.31. The number of nitrogens with zero attached hydrogens (tertiary/aromatic N) is 3. The first-order valence-electron chi connectivity index (χ1n) is 11.7. The van der Waals surface area contributed by atoms with Gasteiger partial charge in [0.25, 0.3) is 0 Å². The molecule has 0 atom stereocenters. The first-order valence-corrected chi connectivity index (χ1v) is 11.7. The topological polar surface area (TPSA) is 75.7 Å². The van der Waals surface area contributed by atoms with Crippen LogP contribution in [0, 0.1) is 5.82 Å². The number of H-pyrrole nitrogens is 1. The molecule has 0 amide bonds. The molecule has 0 aliphatic carbocycles. The fourth-order valence-corrected chi connectivity index (χ4v) is 4.24. The molecule has 1 saturated heterocycles. The number of rotatable bonds is 6. The molecule has 5 rings (SSSR count). The zero-order valence-electron chi connectivity index (χ0n) is 19.4. The van der Waals surface area contributed by atoms with Crippen LogP contribution in [0.1, 0.15) is 49.9 Å². The molecule has 0 bridgehead atoms. The van der Waals surface area contributed by atoms with Crippen molar-refractivity contribution in [3.8, 4) is 34.4 Å². The summed E-state index contributed by atoms with van der Waals surface area (Å²) in [5.41, 5.74) is 4.28. The first kappa shape index (κ1) is 22.2. The number of aromatic nitrogens is 4. The lowest BCUT2D eigenvalue weighted by Crippen LogP contribution is -2.27. The van der Waals surface area contributed by atoms with Crippen LogP contribution in [0.3, 0.4) is 0 Å². The van der Waals surface area contributed by atoms with E-state index in [2.05, 4.69) is 46.2 Å². The minimum atomic E-state index is -0.277. The SMILES string of the molecule is CC(C)c1ccc(Oc2nccc(-c3[nH]c(C4CCNCC4)nc3-c3ccc(F)cc3)n2)cc1. The lowest BCUT2D eigenvalue weighted by molar-refractivity contribution is 0.442. The van der Waals surface area contributed by atoms with Crippen LogP contribution in [0.25, 0.3) is 22.6 Å². The normalized spacial score (nSPS) is 14.5. The van der Waals surface area contributed by atoms with Gasteiger partial charge in [0.15, 0.2) is 0 Å². The Bertz CT molecular complexity index is 1250. The molecule has 0 spiro atoms. The number of piperidine rings is 1. The molecular formula is C27H28FN5O. The Labute approximate surface area is 198 Å². The highest BCUT2D eigenvalue weighted by Gasteiger charge is 2.23. The van der Waals surface area contributed by atoms with Crippen LogP contribution >= 0.6 is 0 Å². The second-order valence-electron chi connectivity index (χ2n) is 8.93.